The Morgan fingerprint density at radius 3 is 3.00 bits per heavy atom. The van der Waals surface area contributed by atoms with E-state index in [0.29, 0.717) is 12.5 Å². The maximum Gasteiger partial charge on any atom is 0.124 e. The van der Waals surface area contributed by atoms with E-state index < -0.39 is 0 Å². The number of nitrogens with zero attached hydrogens (tertiary/aromatic N) is 2. The third-order valence-corrected chi connectivity index (χ3v) is 5.03. The first-order valence-corrected chi connectivity index (χ1v) is 9.26. The van der Waals surface area contributed by atoms with Gasteiger partial charge in [0.25, 0.3) is 0 Å². The monoisotopic (exact) mass is 343 g/mol. The van der Waals surface area contributed by atoms with Crippen LogP contribution in [0.15, 0.2) is 24.4 Å². The average molecular weight is 343 g/mol. The summed E-state index contributed by atoms with van der Waals surface area (Å²) in [6.45, 7) is 7.90. The molecule has 5 nitrogen and oxygen atoms in total. The number of likely N-dealkylation sites (tertiary alicyclic amines) is 1. The quantitative estimate of drug-likeness (QED) is 0.811. The molecule has 3 rings (SSSR count). The van der Waals surface area contributed by atoms with Gasteiger partial charge < -0.3 is 9.84 Å². The van der Waals surface area contributed by atoms with Crippen molar-refractivity contribution in [2.75, 3.05) is 19.7 Å². The van der Waals surface area contributed by atoms with E-state index in [1.165, 1.54) is 29.7 Å². The fourth-order valence-corrected chi connectivity index (χ4v) is 3.74. The van der Waals surface area contributed by atoms with Crippen molar-refractivity contribution in [3.05, 3.63) is 46.8 Å². The van der Waals surface area contributed by atoms with Crippen LogP contribution < -0.4 is 4.74 Å². The Labute approximate surface area is 150 Å². The SMILES string of the molecule is CCOc1ccc(CN2CCC[C@@H](Cc3[nH]ncc3C)C2)cc1CO. The average Bonchev–Trinajstić information content (AvgIpc) is 3.01. The zero-order valence-electron chi connectivity index (χ0n) is 15.3. The molecular weight excluding hydrogens is 314 g/mol. The number of hydrogen-bond donors (Lipinski definition) is 2. The highest BCUT2D eigenvalue weighted by atomic mass is 16.5. The second-order valence-corrected chi connectivity index (χ2v) is 7.01. The van der Waals surface area contributed by atoms with Gasteiger partial charge in [-0.3, -0.25) is 10.00 Å². The molecule has 2 N–H and O–H groups in total. The van der Waals surface area contributed by atoms with E-state index in [-0.39, 0.29) is 6.61 Å². The lowest BCUT2D eigenvalue weighted by atomic mass is 9.92. The summed E-state index contributed by atoms with van der Waals surface area (Å²) in [6, 6.07) is 6.18. The van der Waals surface area contributed by atoms with Gasteiger partial charge in [0.15, 0.2) is 0 Å². The highest BCUT2D eigenvalue weighted by molar-refractivity contribution is 5.37. The van der Waals surface area contributed by atoms with Crippen LogP contribution in [0, 0.1) is 12.8 Å². The maximum atomic E-state index is 9.58. The second kappa shape index (κ2) is 8.50. The number of nitrogens with one attached hydrogen (secondary N) is 1. The molecule has 1 fully saturated rings. The van der Waals surface area contributed by atoms with Crippen LogP contribution >= 0.6 is 0 Å². The van der Waals surface area contributed by atoms with Crippen molar-refractivity contribution in [3.63, 3.8) is 0 Å². The van der Waals surface area contributed by atoms with Crippen molar-refractivity contribution >= 4 is 0 Å². The summed E-state index contributed by atoms with van der Waals surface area (Å²) in [7, 11) is 0. The molecule has 1 aromatic heterocycles. The molecule has 0 radical (unpaired) electrons. The van der Waals surface area contributed by atoms with Crippen LogP contribution in [0.1, 0.15) is 42.1 Å². The lowest BCUT2D eigenvalue weighted by Gasteiger charge is -2.32. The highest BCUT2D eigenvalue weighted by Gasteiger charge is 2.21. The predicted octanol–water partition coefficient (Wildman–Crippen LogP) is 3.06. The zero-order chi connectivity index (χ0) is 17.6. The number of aromatic nitrogens is 2. The molecular formula is C20H29N3O2. The smallest absolute Gasteiger partial charge is 0.124 e. The first kappa shape index (κ1) is 18.0. The van der Waals surface area contributed by atoms with Crippen LogP contribution in [-0.2, 0) is 19.6 Å². The van der Waals surface area contributed by atoms with Crippen LogP contribution in [0.4, 0.5) is 0 Å². The summed E-state index contributed by atoms with van der Waals surface area (Å²) in [5.74, 6) is 1.47. The molecule has 1 aliphatic rings. The normalized spacial score (nSPS) is 18.4. The molecule has 0 aliphatic carbocycles. The van der Waals surface area contributed by atoms with Gasteiger partial charge in [0.2, 0.25) is 0 Å². The summed E-state index contributed by atoms with van der Waals surface area (Å²) in [5.41, 5.74) is 4.65. The van der Waals surface area contributed by atoms with E-state index in [4.69, 9.17) is 4.74 Å². The lowest BCUT2D eigenvalue weighted by molar-refractivity contribution is 0.166. The third kappa shape index (κ3) is 4.61. The molecule has 136 valence electrons. The number of hydrogen-bond acceptors (Lipinski definition) is 4. The highest BCUT2D eigenvalue weighted by Crippen LogP contribution is 2.25. The predicted molar refractivity (Wildman–Crippen MR) is 98.6 cm³/mol. The Morgan fingerprint density at radius 1 is 1.40 bits per heavy atom. The molecule has 1 atom stereocenters. The van der Waals surface area contributed by atoms with Gasteiger partial charge in [-0.15, -0.1) is 0 Å². The number of rotatable bonds is 7. The Hall–Kier alpha value is -1.85. The van der Waals surface area contributed by atoms with E-state index in [9.17, 15) is 5.11 Å². The topological polar surface area (TPSA) is 61.4 Å². The number of piperidine rings is 1. The van der Waals surface area contributed by atoms with Crippen LogP contribution in [0.5, 0.6) is 5.75 Å². The molecule has 2 aromatic rings. The molecule has 1 saturated heterocycles. The maximum absolute atomic E-state index is 9.58. The molecule has 1 aliphatic heterocycles. The molecule has 0 unspecified atom stereocenters. The number of H-pyrrole nitrogens is 1. The van der Waals surface area contributed by atoms with Crippen LogP contribution in [0.3, 0.4) is 0 Å². The van der Waals surface area contributed by atoms with Crippen molar-refractivity contribution < 1.29 is 9.84 Å². The number of aryl methyl sites for hydroxylation is 1. The fraction of sp³-hybridized carbons (Fsp3) is 0.550. The van der Waals surface area contributed by atoms with Crippen molar-refractivity contribution in [1.82, 2.24) is 15.1 Å². The summed E-state index contributed by atoms with van der Waals surface area (Å²) in [4.78, 5) is 2.52. The van der Waals surface area contributed by atoms with Crippen LogP contribution in [0.25, 0.3) is 0 Å². The number of aliphatic hydroxyl groups is 1. The van der Waals surface area contributed by atoms with Crippen LogP contribution in [0.2, 0.25) is 0 Å². The van der Waals surface area contributed by atoms with Crippen molar-refractivity contribution in [1.29, 1.82) is 0 Å². The standard InChI is InChI=1S/C20H29N3O2/c1-3-25-20-7-6-17(9-18(20)14-24)13-23-8-4-5-16(12-23)10-19-15(2)11-21-22-19/h6-7,9,11,16,24H,3-5,8,10,12-14H2,1-2H3,(H,21,22)/t16-/m0/s1. The zero-order valence-corrected chi connectivity index (χ0v) is 15.3. The molecule has 0 saturated carbocycles. The van der Waals surface area contributed by atoms with Gasteiger partial charge in [-0.2, -0.15) is 5.10 Å². The van der Waals surface area contributed by atoms with E-state index >= 15 is 0 Å². The van der Waals surface area contributed by atoms with Gasteiger partial charge in [0.1, 0.15) is 5.75 Å². The first-order chi connectivity index (χ1) is 12.2. The summed E-state index contributed by atoms with van der Waals surface area (Å²) >= 11 is 0. The van der Waals surface area contributed by atoms with Gasteiger partial charge in [-0.25, -0.2) is 0 Å². The summed E-state index contributed by atoms with van der Waals surface area (Å²) < 4.78 is 5.58. The second-order valence-electron chi connectivity index (χ2n) is 7.01. The molecule has 0 spiro atoms. The largest absolute Gasteiger partial charge is 0.494 e. The first-order valence-electron chi connectivity index (χ1n) is 9.26. The number of aliphatic hydroxyl groups excluding tert-OH is 1. The molecule has 0 amide bonds. The fourth-order valence-electron chi connectivity index (χ4n) is 3.74. The van der Waals surface area contributed by atoms with Crippen molar-refractivity contribution in [3.8, 4) is 5.75 Å². The Bertz CT molecular complexity index is 683. The molecule has 0 bridgehead atoms. The van der Waals surface area contributed by atoms with Gasteiger partial charge in [-0.1, -0.05) is 6.07 Å². The summed E-state index contributed by atoms with van der Waals surface area (Å²) in [6.07, 6.45) is 5.50. The van der Waals surface area contributed by atoms with Gasteiger partial charge in [0.05, 0.1) is 19.4 Å². The Balaban J connectivity index is 1.61. The number of aromatic amines is 1. The molecule has 2 heterocycles. The van der Waals surface area contributed by atoms with Gasteiger partial charge in [0, 0.05) is 24.3 Å². The molecule has 25 heavy (non-hydrogen) atoms. The molecule has 1 aromatic carbocycles. The van der Waals surface area contributed by atoms with Gasteiger partial charge >= 0.3 is 0 Å². The van der Waals surface area contributed by atoms with Crippen LogP contribution in [-0.4, -0.2) is 39.9 Å². The minimum Gasteiger partial charge on any atom is -0.494 e. The minimum atomic E-state index is 0.0187. The number of ether oxygens (including phenoxy) is 1. The van der Waals surface area contributed by atoms with E-state index in [1.54, 1.807) is 0 Å². The van der Waals surface area contributed by atoms with Crippen molar-refractivity contribution in [2.24, 2.45) is 5.92 Å². The van der Waals surface area contributed by atoms with Gasteiger partial charge in [-0.05, 0) is 68.8 Å². The van der Waals surface area contributed by atoms with E-state index in [0.717, 1.165) is 37.4 Å². The number of benzene rings is 1. The lowest BCUT2D eigenvalue weighted by Crippen LogP contribution is -2.35. The Kier molecular flexibility index (Phi) is 6.10. The summed E-state index contributed by atoms with van der Waals surface area (Å²) in [5, 5.41) is 16.9. The molecule has 5 heteroatoms. The van der Waals surface area contributed by atoms with Crippen molar-refractivity contribution in [2.45, 2.75) is 46.3 Å². The van der Waals surface area contributed by atoms with E-state index in [1.807, 2.05) is 19.2 Å². The van der Waals surface area contributed by atoms with E-state index in [2.05, 4.69) is 34.2 Å². The minimum absolute atomic E-state index is 0.0187. The Morgan fingerprint density at radius 2 is 2.28 bits per heavy atom. The third-order valence-electron chi connectivity index (χ3n) is 5.03.